The third kappa shape index (κ3) is 4.62. The number of amides is 1. The minimum Gasteiger partial charge on any atom is -0.497 e. The Hall–Kier alpha value is -2.49. The maximum atomic E-state index is 13.2. The molecule has 0 radical (unpaired) electrons. The predicted molar refractivity (Wildman–Crippen MR) is 130 cm³/mol. The minimum absolute atomic E-state index is 0.0381. The molecule has 1 saturated heterocycles. The van der Waals surface area contributed by atoms with Crippen molar-refractivity contribution < 1.29 is 17.9 Å². The van der Waals surface area contributed by atoms with Crippen LogP contribution >= 0.6 is 11.3 Å². The number of hydrogen-bond donors (Lipinski definition) is 0. The van der Waals surface area contributed by atoms with Crippen LogP contribution in [0.1, 0.15) is 49.9 Å². The zero-order chi connectivity index (χ0) is 23.6. The second-order valence-corrected chi connectivity index (χ2v) is 11.0. The molecule has 2 heterocycles. The molecule has 1 amide bonds. The lowest BCUT2D eigenvalue weighted by atomic mass is 10.0. The lowest BCUT2D eigenvalue weighted by Gasteiger charge is -2.34. The van der Waals surface area contributed by atoms with Crippen molar-refractivity contribution in [2.45, 2.75) is 57.0 Å². The highest BCUT2D eigenvalue weighted by Gasteiger charge is 2.32. The first kappa shape index (κ1) is 23.7. The first-order chi connectivity index (χ1) is 15.9. The van der Waals surface area contributed by atoms with Gasteiger partial charge in [-0.1, -0.05) is 24.7 Å². The zero-order valence-corrected chi connectivity index (χ0v) is 20.8. The third-order valence-electron chi connectivity index (χ3n) is 6.16. The van der Waals surface area contributed by atoms with Crippen molar-refractivity contribution in [3.05, 3.63) is 52.8 Å². The van der Waals surface area contributed by atoms with Crippen LogP contribution in [0.4, 0.5) is 0 Å². The average Bonchev–Trinajstić information content (AvgIpc) is 3.19. The molecule has 1 aliphatic rings. The van der Waals surface area contributed by atoms with Gasteiger partial charge in [0.25, 0.3) is 5.91 Å². The second-order valence-electron chi connectivity index (χ2n) is 8.08. The van der Waals surface area contributed by atoms with Gasteiger partial charge in [-0.05, 0) is 68.7 Å². The molecule has 1 fully saturated rings. The summed E-state index contributed by atoms with van der Waals surface area (Å²) < 4.78 is 36.2. The standard InChI is InChI=1S/C24H29N3O4S2/c1-4-18-8-6-7-15-27(18)33(29,30)20-12-9-17(10-13-20)23(28)25-24-26(5-2)21-14-11-19(31-3)16-22(21)32-24/h9-14,16,18H,4-8,15H2,1-3H3. The Kier molecular flexibility index (Phi) is 7.02. The van der Waals surface area contributed by atoms with E-state index in [9.17, 15) is 13.2 Å². The Morgan fingerprint density at radius 3 is 2.58 bits per heavy atom. The van der Waals surface area contributed by atoms with Gasteiger partial charge in [-0.25, -0.2) is 8.42 Å². The number of carbonyl (C=O) groups excluding carboxylic acids is 1. The lowest BCUT2D eigenvalue weighted by Crippen LogP contribution is -2.43. The van der Waals surface area contributed by atoms with Crippen molar-refractivity contribution in [3.8, 4) is 5.75 Å². The number of hydrogen-bond acceptors (Lipinski definition) is 5. The number of fused-ring (bicyclic) bond motifs is 1. The van der Waals surface area contributed by atoms with Crippen LogP contribution < -0.4 is 9.54 Å². The van der Waals surface area contributed by atoms with E-state index in [1.54, 1.807) is 23.5 Å². The molecule has 0 aliphatic carbocycles. The van der Waals surface area contributed by atoms with Gasteiger partial charge >= 0.3 is 0 Å². The summed E-state index contributed by atoms with van der Waals surface area (Å²) in [6.45, 7) is 5.24. The lowest BCUT2D eigenvalue weighted by molar-refractivity contribution is 0.0997. The summed E-state index contributed by atoms with van der Waals surface area (Å²) in [4.78, 5) is 18.0. The molecule has 0 spiro atoms. The number of ether oxygens (including phenoxy) is 1. The maximum Gasteiger partial charge on any atom is 0.279 e. The highest BCUT2D eigenvalue weighted by atomic mass is 32.2. The molecule has 4 rings (SSSR count). The largest absolute Gasteiger partial charge is 0.497 e. The van der Waals surface area contributed by atoms with Crippen LogP contribution in [0.3, 0.4) is 0 Å². The normalized spacial score (nSPS) is 18.0. The number of benzene rings is 2. The quantitative estimate of drug-likeness (QED) is 0.515. The van der Waals surface area contributed by atoms with E-state index in [0.717, 1.165) is 41.6 Å². The number of rotatable bonds is 6. The fraction of sp³-hybridized carbons (Fsp3) is 0.417. The highest BCUT2D eigenvalue weighted by Crippen LogP contribution is 2.27. The molecule has 9 heteroatoms. The van der Waals surface area contributed by atoms with E-state index in [-0.39, 0.29) is 10.9 Å². The SMILES string of the molecule is CCC1CCCCN1S(=O)(=O)c1ccc(C(=O)N=c2sc3cc(OC)ccc3n2CC)cc1. The summed E-state index contributed by atoms with van der Waals surface area (Å²) in [6, 6.07) is 12.0. The van der Waals surface area contributed by atoms with Gasteiger partial charge in [-0.15, -0.1) is 0 Å². The molecule has 1 unspecified atom stereocenters. The van der Waals surface area contributed by atoms with Crippen LogP contribution in [-0.4, -0.2) is 42.9 Å². The van der Waals surface area contributed by atoms with Gasteiger partial charge in [0, 0.05) is 24.7 Å². The van der Waals surface area contributed by atoms with Crippen molar-refractivity contribution in [3.63, 3.8) is 0 Å². The molecule has 7 nitrogen and oxygen atoms in total. The van der Waals surface area contributed by atoms with Crippen molar-refractivity contribution in [2.75, 3.05) is 13.7 Å². The van der Waals surface area contributed by atoms with Crippen molar-refractivity contribution in [1.82, 2.24) is 8.87 Å². The fourth-order valence-corrected chi connectivity index (χ4v) is 7.21. The number of thiazole rings is 1. The molecule has 176 valence electrons. The van der Waals surface area contributed by atoms with Gasteiger partial charge in [0.1, 0.15) is 5.75 Å². The van der Waals surface area contributed by atoms with E-state index in [1.807, 2.05) is 36.6 Å². The Bertz CT molecular complexity index is 1320. The van der Waals surface area contributed by atoms with Gasteiger partial charge in [-0.3, -0.25) is 4.79 Å². The molecule has 3 aromatic rings. The molecule has 0 N–H and O–H groups in total. The fourth-order valence-electron chi connectivity index (χ4n) is 4.33. The number of aromatic nitrogens is 1. The van der Waals surface area contributed by atoms with E-state index in [4.69, 9.17) is 4.74 Å². The van der Waals surface area contributed by atoms with Crippen LogP contribution in [-0.2, 0) is 16.6 Å². The third-order valence-corrected chi connectivity index (χ3v) is 9.16. The number of nitrogens with zero attached hydrogens (tertiary/aromatic N) is 3. The van der Waals surface area contributed by atoms with Gasteiger partial charge < -0.3 is 9.30 Å². The van der Waals surface area contributed by atoms with Crippen molar-refractivity contribution >= 4 is 37.5 Å². The molecule has 33 heavy (non-hydrogen) atoms. The van der Waals surface area contributed by atoms with E-state index in [1.165, 1.54) is 23.5 Å². The first-order valence-corrected chi connectivity index (χ1v) is 13.5. The van der Waals surface area contributed by atoms with Gasteiger partial charge in [-0.2, -0.15) is 9.30 Å². The average molecular weight is 488 g/mol. The predicted octanol–water partition coefficient (Wildman–Crippen LogP) is 4.43. The summed E-state index contributed by atoms with van der Waals surface area (Å²) in [7, 11) is -1.96. The topological polar surface area (TPSA) is 81.0 Å². The molecular formula is C24H29N3O4S2. The van der Waals surface area contributed by atoms with E-state index >= 15 is 0 Å². The molecule has 0 bridgehead atoms. The molecular weight excluding hydrogens is 458 g/mol. The van der Waals surface area contributed by atoms with Gasteiger partial charge in [0.05, 0.1) is 22.2 Å². The monoisotopic (exact) mass is 487 g/mol. The highest BCUT2D eigenvalue weighted by molar-refractivity contribution is 7.89. The smallest absolute Gasteiger partial charge is 0.279 e. The summed E-state index contributed by atoms with van der Waals surface area (Å²) in [5, 5.41) is 0. The van der Waals surface area contributed by atoms with Crippen LogP contribution in [0.5, 0.6) is 5.75 Å². The molecule has 0 saturated carbocycles. The van der Waals surface area contributed by atoms with Crippen LogP contribution in [0, 0.1) is 0 Å². The Labute approximate surface area is 198 Å². The van der Waals surface area contributed by atoms with E-state index < -0.39 is 15.9 Å². The zero-order valence-electron chi connectivity index (χ0n) is 19.2. The van der Waals surface area contributed by atoms with Crippen LogP contribution in [0.15, 0.2) is 52.4 Å². The summed E-state index contributed by atoms with van der Waals surface area (Å²) >= 11 is 1.42. The summed E-state index contributed by atoms with van der Waals surface area (Å²) in [6.07, 6.45) is 3.63. The molecule has 1 aliphatic heterocycles. The first-order valence-electron chi connectivity index (χ1n) is 11.3. The molecule has 1 aromatic heterocycles. The number of piperidine rings is 1. The van der Waals surface area contributed by atoms with E-state index in [2.05, 4.69) is 4.99 Å². The number of sulfonamides is 1. The Morgan fingerprint density at radius 2 is 1.91 bits per heavy atom. The number of methoxy groups -OCH3 is 1. The van der Waals surface area contributed by atoms with Crippen LogP contribution in [0.2, 0.25) is 0 Å². The van der Waals surface area contributed by atoms with Gasteiger partial charge in [0.2, 0.25) is 10.0 Å². The summed E-state index contributed by atoms with van der Waals surface area (Å²) in [5.74, 6) is 0.352. The van der Waals surface area contributed by atoms with Crippen molar-refractivity contribution in [2.24, 2.45) is 4.99 Å². The number of aryl methyl sites for hydroxylation is 1. The van der Waals surface area contributed by atoms with Crippen LogP contribution in [0.25, 0.3) is 10.2 Å². The Morgan fingerprint density at radius 1 is 1.15 bits per heavy atom. The molecule has 1 atom stereocenters. The maximum absolute atomic E-state index is 13.2. The minimum atomic E-state index is -3.58. The second kappa shape index (κ2) is 9.79. The van der Waals surface area contributed by atoms with Crippen molar-refractivity contribution in [1.29, 1.82) is 0 Å². The Balaban J connectivity index is 1.63. The van der Waals surface area contributed by atoms with Gasteiger partial charge in [0.15, 0.2) is 4.80 Å². The van der Waals surface area contributed by atoms with E-state index in [0.29, 0.717) is 23.5 Å². The molecule has 2 aromatic carbocycles. The number of carbonyl (C=O) groups is 1. The summed E-state index contributed by atoms with van der Waals surface area (Å²) in [5.41, 5.74) is 1.35.